The molecule has 2 aromatic rings. The Hall–Kier alpha value is -1.89. The van der Waals surface area contributed by atoms with Gasteiger partial charge in [0.05, 0.1) is 11.3 Å². The third-order valence-corrected chi connectivity index (χ3v) is 9.01. The van der Waals surface area contributed by atoms with Crippen molar-refractivity contribution in [3.05, 3.63) is 38.5 Å². The number of thiophene rings is 1. The van der Waals surface area contributed by atoms with E-state index in [-0.39, 0.29) is 23.9 Å². The van der Waals surface area contributed by atoms with E-state index in [1.807, 2.05) is 24.4 Å². The van der Waals surface area contributed by atoms with Crippen LogP contribution >= 0.6 is 46.4 Å². The van der Waals surface area contributed by atoms with Crippen LogP contribution in [0.15, 0.2) is 33.8 Å². The number of aliphatic carboxylic acids is 1. The van der Waals surface area contributed by atoms with Crippen LogP contribution in [0.2, 0.25) is 0 Å². The molecule has 0 saturated carbocycles. The Morgan fingerprint density at radius 3 is 2.97 bits per heavy atom. The van der Waals surface area contributed by atoms with E-state index in [2.05, 4.69) is 14.9 Å². The molecule has 30 heavy (non-hydrogen) atoms. The average molecular weight is 483 g/mol. The zero-order valence-corrected chi connectivity index (χ0v) is 19.1. The highest BCUT2D eigenvalue weighted by Crippen LogP contribution is 2.41. The fraction of sp³-hybridized carbons (Fsp3) is 0.389. The van der Waals surface area contributed by atoms with E-state index in [9.17, 15) is 19.5 Å². The Kier molecular flexibility index (Phi) is 6.46. The van der Waals surface area contributed by atoms with Crippen LogP contribution in [0.4, 0.5) is 0 Å². The first-order valence-corrected chi connectivity index (χ1v) is 12.8. The Balaban J connectivity index is 1.44. The predicted octanol–water partition coefficient (Wildman–Crippen LogP) is 2.24. The maximum Gasteiger partial charge on any atom is 0.352 e. The first kappa shape index (κ1) is 21.3. The Labute approximate surface area is 189 Å². The summed E-state index contributed by atoms with van der Waals surface area (Å²) < 4.78 is 3.95. The molecule has 2 aliphatic rings. The molecule has 2 N–H and O–H groups in total. The van der Waals surface area contributed by atoms with E-state index in [1.54, 1.807) is 0 Å². The van der Waals surface area contributed by atoms with Gasteiger partial charge in [0.25, 0.3) is 5.91 Å². The molecule has 0 spiro atoms. The van der Waals surface area contributed by atoms with Crippen LogP contribution in [-0.4, -0.2) is 60.3 Å². The third kappa shape index (κ3) is 4.13. The molecule has 12 heteroatoms. The fourth-order valence-electron chi connectivity index (χ4n) is 3.27. The quantitative estimate of drug-likeness (QED) is 0.435. The molecule has 0 aromatic carbocycles. The van der Waals surface area contributed by atoms with Crippen molar-refractivity contribution in [1.29, 1.82) is 0 Å². The summed E-state index contributed by atoms with van der Waals surface area (Å²) in [5.74, 6) is -0.824. The number of nitrogens with zero attached hydrogens (tertiary/aromatic N) is 3. The van der Waals surface area contributed by atoms with Crippen molar-refractivity contribution in [2.75, 3.05) is 11.5 Å². The van der Waals surface area contributed by atoms with Crippen molar-refractivity contribution in [2.45, 2.75) is 36.2 Å². The van der Waals surface area contributed by atoms with Gasteiger partial charge in [-0.1, -0.05) is 29.2 Å². The molecule has 4 rings (SSSR count). The van der Waals surface area contributed by atoms with Crippen molar-refractivity contribution >= 4 is 64.2 Å². The molecule has 0 aliphatic carbocycles. The lowest BCUT2D eigenvalue weighted by molar-refractivity contribution is -0.150. The van der Waals surface area contributed by atoms with Crippen LogP contribution in [0.5, 0.6) is 0 Å². The van der Waals surface area contributed by atoms with Gasteiger partial charge in [0.2, 0.25) is 5.91 Å². The monoisotopic (exact) mass is 482 g/mol. The second-order valence-electron chi connectivity index (χ2n) is 6.61. The summed E-state index contributed by atoms with van der Waals surface area (Å²) in [7, 11) is 0. The van der Waals surface area contributed by atoms with Gasteiger partial charge in [-0.3, -0.25) is 14.5 Å². The summed E-state index contributed by atoms with van der Waals surface area (Å²) in [6, 6.07) is 3.04. The van der Waals surface area contributed by atoms with Gasteiger partial charge >= 0.3 is 5.97 Å². The lowest BCUT2D eigenvalue weighted by Gasteiger charge is -2.49. The minimum atomic E-state index is -1.13. The molecule has 4 heterocycles. The molecule has 2 aliphatic heterocycles. The van der Waals surface area contributed by atoms with Crippen LogP contribution in [0.3, 0.4) is 0 Å². The number of β-lactam (4-membered cyclic amide) rings is 1. The standard InChI is InChI=1S/C18H18N4O4S4/c1-2-11-15(20-21-30-11)28-7-9-8-29-17-13(16(24)22(17)14(9)18(25)26)19-12(23)6-10-4-3-5-27-10/h3-5,13,17H,2,6-8H2,1H3,(H,19,23)(H,25,26)/t13?,17-/m1/s1. The number of rotatable bonds is 8. The number of amides is 2. The molecule has 0 bridgehead atoms. The topological polar surface area (TPSA) is 112 Å². The van der Waals surface area contributed by atoms with Crippen molar-refractivity contribution in [3.63, 3.8) is 0 Å². The molecule has 0 radical (unpaired) electrons. The van der Waals surface area contributed by atoms with Crippen LogP contribution in [-0.2, 0) is 27.2 Å². The van der Waals surface area contributed by atoms with Gasteiger partial charge in [0.15, 0.2) is 0 Å². The number of carboxylic acid groups (broad SMARTS) is 1. The Morgan fingerprint density at radius 2 is 2.27 bits per heavy atom. The SMILES string of the molecule is CCc1snnc1SCC1=C(C(=O)O)N2C(=O)C(NC(=O)Cc3cccs3)[C@H]2SC1. The number of carboxylic acids is 1. The second-order valence-corrected chi connectivity index (χ2v) is 10.6. The highest BCUT2D eigenvalue weighted by Gasteiger charge is 2.54. The zero-order chi connectivity index (χ0) is 21.3. The number of carbonyl (C=O) groups excluding carboxylic acids is 2. The van der Waals surface area contributed by atoms with Gasteiger partial charge < -0.3 is 10.4 Å². The smallest absolute Gasteiger partial charge is 0.352 e. The van der Waals surface area contributed by atoms with Crippen LogP contribution in [0.1, 0.15) is 16.7 Å². The number of aryl methyl sites for hydroxylation is 1. The maximum atomic E-state index is 12.7. The Bertz CT molecular complexity index is 1000. The van der Waals surface area contributed by atoms with E-state index in [0.29, 0.717) is 17.1 Å². The van der Waals surface area contributed by atoms with Crippen LogP contribution in [0.25, 0.3) is 0 Å². The molecule has 1 saturated heterocycles. The Morgan fingerprint density at radius 1 is 1.43 bits per heavy atom. The normalized spacial score (nSPS) is 20.7. The van der Waals surface area contributed by atoms with E-state index in [4.69, 9.17) is 0 Å². The first-order chi connectivity index (χ1) is 14.5. The molecular formula is C18H18N4O4S4. The average Bonchev–Trinajstić information content (AvgIpc) is 3.41. The summed E-state index contributed by atoms with van der Waals surface area (Å²) in [5, 5.41) is 18.9. The lowest BCUT2D eigenvalue weighted by atomic mass is 10.0. The highest BCUT2D eigenvalue weighted by atomic mass is 32.2. The minimum Gasteiger partial charge on any atom is -0.477 e. The predicted molar refractivity (Wildman–Crippen MR) is 118 cm³/mol. The van der Waals surface area contributed by atoms with Gasteiger partial charge in [-0.2, -0.15) is 0 Å². The van der Waals surface area contributed by atoms with Crippen molar-refractivity contribution in [3.8, 4) is 0 Å². The number of nitrogens with one attached hydrogen (secondary N) is 1. The second kappa shape index (κ2) is 9.08. The summed E-state index contributed by atoms with van der Waals surface area (Å²) in [4.78, 5) is 40.2. The van der Waals surface area contributed by atoms with Crippen LogP contribution in [0, 0.1) is 0 Å². The maximum absolute atomic E-state index is 12.7. The van der Waals surface area contributed by atoms with E-state index in [1.165, 1.54) is 51.3 Å². The highest BCUT2D eigenvalue weighted by molar-refractivity contribution is 8.01. The van der Waals surface area contributed by atoms with Gasteiger partial charge in [0.1, 0.15) is 22.1 Å². The van der Waals surface area contributed by atoms with Gasteiger partial charge in [0, 0.05) is 16.4 Å². The number of aromatic nitrogens is 2. The van der Waals surface area contributed by atoms with Crippen molar-refractivity contribution in [1.82, 2.24) is 19.8 Å². The first-order valence-electron chi connectivity index (χ1n) is 9.15. The molecule has 158 valence electrons. The number of carbonyl (C=O) groups is 3. The summed E-state index contributed by atoms with van der Waals surface area (Å²) in [5.41, 5.74) is 0.710. The minimum absolute atomic E-state index is 0.0289. The molecule has 8 nitrogen and oxygen atoms in total. The van der Waals surface area contributed by atoms with Gasteiger partial charge in [-0.15, -0.1) is 28.2 Å². The lowest BCUT2D eigenvalue weighted by Crippen LogP contribution is -2.70. The largest absolute Gasteiger partial charge is 0.477 e. The number of fused-ring (bicyclic) bond motifs is 1. The van der Waals surface area contributed by atoms with Gasteiger partial charge in [-0.05, 0) is 35.0 Å². The van der Waals surface area contributed by atoms with Gasteiger partial charge in [-0.25, -0.2) is 4.79 Å². The number of hydrogen-bond donors (Lipinski definition) is 2. The summed E-state index contributed by atoms with van der Waals surface area (Å²) in [6.45, 7) is 2.02. The number of hydrogen-bond acceptors (Lipinski definition) is 9. The molecule has 1 fully saturated rings. The molecular weight excluding hydrogens is 464 g/mol. The van der Waals surface area contributed by atoms with E-state index >= 15 is 0 Å². The molecule has 2 aromatic heterocycles. The van der Waals surface area contributed by atoms with E-state index < -0.39 is 17.4 Å². The zero-order valence-electron chi connectivity index (χ0n) is 15.9. The van der Waals surface area contributed by atoms with E-state index in [0.717, 1.165) is 21.2 Å². The summed E-state index contributed by atoms with van der Waals surface area (Å²) in [6.07, 6.45) is 1.03. The number of thioether (sulfide) groups is 2. The molecule has 1 unspecified atom stereocenters. The molecule has 2 amide bonds. The fourth-order valence-corrected chi connectivity index (χ4v) is 7.21. The third-order valence-electron chi connectivity index (χ3n) is 4.71. The summed E-state index contributed by atoms with van der Waals surface area (Å²) >= 11 is 5.74. The molecule has 2 atom stereocenters. The van der Waals surface area contributed by atoms with Crippen LogP contribution < -0.4 is 5.32 Å². The van der Waals surface area contributed by atoms with Crippen molar-refractivity contribution < 1.29 is 19.5 Å². The van der Waals surface area contributed by atoms with Crippen molar-refractivity contribution in [2.24, 2.45) is 0 Å².